The highest BCUT2D eigenvalue weighted by Gasteiger charge is 2.20. The van der Waals surface area contributed by atoms with E-state index in [9.17, 15) is 10.1 Å². The molecule has 2 unspecified atom stereocenters. The predicted octanol–water partition coefficient (Wildman–Crippen LogP) is 2.88. The second kappa shape index (κ2) is 6.02. The Balaban J connectivity index is 2.02. The number of nitro groups is 1. The summed E-state index contributed by atoms with van der Waals surface area (Å²) in [5.41, 5.74) is 0.974. The highest BCUT2D eigenvalue weighted by molar-refractivity contribution is 5.42. The first-order chi connectivity index (χ1) is 9.08. The molecule has 0 bridgehead atoms. The van der Waals surface area contributed by atoms with Crippen molar-refractivity contribution in [2.45, 2.75) is 38.8 Å². The zero-order chi connectivity index (χ0) is 13.8. The van der Waals surface area contributed by atoms with Crippen molar-refractivity contribution in [2.75, 3.05) is 7.11 Å². The number of benzene rings is 1. The van der Waals surface area contributed by atoms with Gasteiger partial charge in [-0.1, -0.05) is 6.92 Å². The summed E-state index contributed by atoms with van der Waals surface area (Å²) in [4.78, 5) is 10.5. The first-order valence-corrected chi connectivity index (χ1v) is 6.64. The summed E-state index contributed by atoms with van der Waals surface area (Å²) in [5, 5.41) is 14.3. The van der Waals surface area contributed by atoms with Crippen LogP contribution >= 0.6 is 0 Å². The molecule has 1 aliphatic rings. The fourth-order valence-electron chi connectivity index (χ4n) is 2.62. The van der Waals surface area contributed by atoms with Crippen molar-refractivity contribution in [1.82, 2.24) is 5.32 Å². The molecule has 0 spiro atoms. The maximum atomic E-state index is 10.9. The Hall–Kier alpha value is -1.62. The molecule has 0 saturated heterocycles. The SMILES string of the molecule is COc1cc(CNC2CCC(C)C2)cc([N+](=O)[O-])c1. The Bertz CT molecular complexity index is 462. The second-order valence-electron chi connectivity index (χ2n) is 5.29. The fourth-order valence-corrected chi connectivity index (χ4v) is 2.62. The first kappa shape index (κ1) is 13.8. The second-order valence-corrected chi connectivity index (χ2v) is 5.29. The van der Waals surface area contributed by atoms with Gasteiger partial charge in [-0.2, -0.15) is 0 Å². The van der Waals surface area contributed by atoms with E-state index in [4.69, 9.17) is 4.74 Å². The zero-order valence-corrected chi connectivity index (χ0v) is 11.4. The zero-order valence-electron chi connectivity index (χ0n) is 11.4. The Kier molecular flexibility index (Phi) is 4.37. The molecule has 2 atom stereocenters. The lowest BCUT2D eigenvalue weighted by Gasteiger charge is -2.12. The number of ether oxygens (including phenoxy) is 1. The minimum absolute atomic E-state index is 0.0796. The van der Waals surface area contributed by atoms with E-state index in [0.29, 0.717) is 18.3 Å². The number of hydrogen-bond acceptors (Lipinski definition) is 4. The number of rotatable bonds is 5. The maximum absolute atomic E-state index is 10.9. The lowest BCUT2D eigenvalue weighted by atomic mass is 10.1. The topological polar surface area (TPSA) is 64.4 Å². The van der Waals surface area contributed by atoms with E-state index < -0.39 is 0 Å². The minimum Gasteiger partial charge on any atom is -0.496 e. The van der Waals surface area contributed by atoms with Crippen LogP contribution in [0.1, 0.15) is 31.7 Å². The normalized spacial score (nSPS) is 22.4. The van der Waals surface area contributed by atoms with Gasteiger partial charge in [-0.15, -0.1) is 0 Å². The molecule has 0 aromatic heterocycles. The van der Waals surface area contributed by atoms with Gasteiger partial charge in [0.1, 0.15) is 5.75 Å². The van der Waals surface area contributed by atoms with Gasteiger partial charge >= 0.3 is 0 Å². The van der Waals surface area contributed by atoms with E-state index in [1.54, 1.807) is 6.07 Å². The number of nitro benzene ring substituents is 1. The van der Waals surface area contributed by atoms with Crippen LogP contribution in [-0.4, -0.2) is 18.1 Å². The lowest BCUT2D eigenvalue weighted by Crippen LogP contribution is -2.25. The fraction of sp³-hybridized carbons (Fsp3) is 0.571. The summed E-state index contributed by atoms with van der Waals surface area (Å²) in [6, 6.07) is 5.42. The van der Waals surface area contributed by atoms with Gasteiger partial charge in [-0.25, -0.2) is 0 Å². The average molecular weight is 264 g/mol. The van der Waals surface area contributed by atoms with Crippen LogP contribution in [0, 0.1) is 16.0 Å². The first-order valence-electron chi connectivity index (χ1n) is 6.64. The predicted molar refractivity (Wildman–Crippen MR) is 73.3 cm³/mol. The molecule has 0 amide bonds. The number of nitrogens with zero attached hydrogens (tertiary/aromatic N) is 1. The van der Waals surface area contributed by atoms with Crippen LogP contribution in [0.15, 0.2) is 18.2 Å². The number of methoxy groups -OCH3 is 1. The molecule has 1 fully saturated rings. The third kappa shape index (κ3) is 3.67. The van der Waals surface area contributed by atoms with E-state index in [-0.39, 0.29) is 10.6 Å². The van der Waals surface area contributed by atoms with Gasteiger partial charge in [0.2, 0.25) is 0 Å². The van der Waals surface area contributed by atoms with Gasteiger partial charge in [-0.05, 0) is 36.8 Å². The molecule has 1 saturated carbocycles. The molecule has 0 heterocycles. The van der Waals surface area contributed by atoms with E-state index in [1.807, 2.05) is 6.07 Å². The van der Waals surface area contributed by atoms with Crippen molar-refractivity contribution in [3.8, 4) is 5.75 Å². The number of non-ortho nitro benzene ring substituents is 1. The van der Waals surface area contributed by atoms with Gasteiger partial charge in [0.15, 0.2) is 0 Å². The van der Waals surface area contributed by atoms with Gasteiger partial charge in [0.05, 0.1) is 18.1 Å². The van der Waals surface area contributed by atoms with E-state index in [1.165, 1.54) is 32.4 Å². The summed E-state index contributed by atoms with van der Waals surface area (Å²) < 4.78 is 5.10. The number of hydrogen-bond donors (Lipinski definition) is 1. The summed E-state index contributed by atoms with van der Waals surface area (Å²) in [6.07, 6.45) is 3.63. The van der Waals surface area contributed by atoms with Crippen LogP contribution in [0.2, 0.25) is 0 Å². The Labute approximate surface area is 113 Å². The van der Waals surface area contributed by atoms with Crippen LogP contribution in [0.25, 0.3) is 0 Å². The van der Waals surface area contributed by atoms with Crippen LogP contribution in [0.3, 0.4) is 0 Å². The highest BCUT2D eigenvalue weighted by Crippen LogP contribution is 2.26. The van der Waals surface area contributed by atoms with Gasteiger partial charge in [0, 0.05) is 18.7 Å². The van der Waals surface area contributed by atoms with Crippen molar-refractivity contribution in [3.63, 3.8) is 0 Å². The third-order valence-corrected chi connectivity index (χ3v) is 3.69. The van der Waals surface area contributed by atoms with Crippen LogP contribution < -0.4 is 10.1 Å². The molecule has 1 aromatic carbocycles. The molecular formula is C14H20N2O3. The Morgan fingerprint density at radius 1 is 1.42 bits per heavy atom. The largest absolute Gasteiger partial charge is 0.496 e. The standard InChI is InChI=1S/C14H20N2O3/c1-10-3-4-12(5-10)15-9-11-6-13(16(17)18)8-14(7-11)19-2/h6-8,10,12,15H,3-5,9H2,1-2H3. The molecular weight excluding hydrogens is 244 g/mol. The summed E-state index contributed by atoms with van der Waals surface area (Å²) in [6.45, 7) is 2.91. The lowest BCUT2D eigenvalue weighted by molar-refractivity contribution is -0.385. The minimum atomic E-state index is -0.385. The van der Waals surface area contributed by atoms with Crippen molar-refractivity contribution in [1.29, 1.82) is 0 Å². The molecule has 5 nitrogen and oxygen atoms in total. The summed E-state index contributed by atoms with van der Waals surface area (Å²) >= 11 is 0. The van der Waals surface area contributed by atoms with Crippen molar-refractivity contribution < 1.29 is 9.66 Å². The van der Waals surface area contributed by atoms with E-state index in [2.05, 4.69) is 12.2 Å². The van der Waals surface area contributed by atoms with Gasteiger partial charge < -0.3 is 10.1 Å². The van der Waals surface area contributed by atoms with Crippen LogP contribution in [0.5, 0.6) is 5.75 Å². The molecule has 104 valence electrons. The van der Waals surface area contributed by atoms with Crippen LogP contribution in [-0.2, 0) is 6.54 Å². The molecule has 19 heavy (non-hydrogen) atoms. The average Bonchev–Trinajstić information content (AvgIpc) is 2.81. The van der Waals surface area contributed by atoms with Crippen molar-refractivity contribution in [2.24, 2.45) is 5.92 Å². The summed E-state index contributed by atoms with van der Waals surface area (Å²) in [7, 11) is 1.52. The summed E-state index contributed by atoms with van der Waals surface area (Å²) in [5.74, 6) is 1.31. The quantitative estimate of drug-likeness (QED) is 0.656. The van der Waals surface area contributed by atoms with Gasteiger partial charge in [-0.3, -0.25) is 10.1 Å². The molecule has 0 aliphatic heterocycles. The Morgan fingerprint density at radius 3 is 2.79 bits per heavy atom. The molecule has 1 aromatic rings. The van der Waals surface area contributed by atoms with Crippen molar-refractivity contribution >= 4 is 5.69 Å². The molecule has 5 heteroatoms. The Morgan fingerprint density at radius 2 is 2.21 bits per heavy atom. The molecule has 2 rings (SSSR count). The van der Waals surface area contributed by atoms with Crippen LogP contribution in [0.4, 0.5) is 5.69 Å². The molecule has 1 N–H and O–H groups in total. The number of nitrogens with one attached hydrogen (secondary N) is 1. The van der Waals surface area contributed by atoms with Crippen molar-refractivity contribution in [3.05, 3.63) is 33.9 Å². The molecule has 1 aliphatic carbocycles. The molecule has 0 radical (unpaired) electrons. The van der Waals surface area contributed by atoms with E-state index in [0.717, 1.165) is 11.5 Å². The smallest absolute Gasteiger partial charge is 0.273 e. The van der Waals surface area contributed by atoms with E-state index >= 15 is 0 Å². The van der Waals surface area contributed by atoms with Gasteiger partial charge in [0.25, 0.3) is 5.69 Å². The highest BCUT2D eigenvalue weighted by atomic mass is 16.6. The maximum Gasteiger partial charge on any atom is 0.273 e. The third-order valence-electron chi connectivity index (χ3n) is 3.69. The monoisotopic (exact) mass is 264 g/mol.